The van der Waals surface area contributed by atoms with E-state index in [1.54, 1.807) is 30.3 Å². The molecule has 0 N–H and O–H groups in total. The first-order valence-electron chi connectivity index (χ1n) is 16.8. The van der Waals surface area contributed by atoms with Crippen molar-refractivity contribution >= 4 is 34.4 Å². The lowest BCUT2D eigenvalue weighted by atomic mass is 9.91. The Balaban J connectivity index is 1.27. The van der Waals surface area contributed by atoms with E-state index in [4.69, 9.17) is 9.84 Å². The van der Waals surface area contributed by atoms with Gasteiger partial charge < -0.3 is 24.0 Å². The predicted molar refractivity (Wildman–Crippen MR) is 180 cm³/mol. The predicted octanol–water partition coefficient (Wildman–Crippen LogP) is 6.94. The number of likely N-dealkylation sites (tertiary alicyclic amines) is 1. The molecule has 2 amide bonds. The van der Waals surface area contributed by atoms with E-state index in [-0.39, 0.29) is 23.6 Å². The number of nitrogens with zero attached hydrogens (tertiary/aromatic N) is 7. The van der Waals surface area contributed by atoms with Crippen LogP contribution < -0.4 is 4.90 Å². The molecule has 0 radical (unpaired) electrons. The maximum absolute atomic E-state index is 14.9. The average Bonchev–Trinajstić information content (AvgIpc) is 3.60. The van der Waals surface area contributed by atoms with E-state index in [0.29, 0.717) is 44.7 Å². The van der Waals surface area contributed by atoms with Crippen LogP contribution in [0.15, 0.2) is 36.8 Å². The quantitative estimate of drug-likeness (QED) is 0.236. The van der Waals surface area contributed by atoms with E-state index in [9.17, 15) is 18.4 Å². The molecule has 1 saturated heterocycles. The first-order valence-corrected chi connectivity index (χ1v) is 16.8. The normalized spacial score (nSPS) is 17.2. The Kier molecular flexibility index (Phi) is 8.15. The van der Waals surface area contributed by atoms with Crippen molar-refractivity contribution < 1.29 is 23.1 Å². The number of halogens is 2. The third kappa shape index (κ3) is 5.79. The molecule has 3 aliphatic rings. The molecule has 3 aliphatic heterocycles. The third-order valence-electron chi connectivity index (χ3n) is 9.91. The standard InChI is InChI=1S/C36H43F2N7O3/c1-22(46)43-16-11-31-29(21-43)34(40-45(31)24-9-14-42(15-10-24)35(47)48-36(2,3)4)44-13-6-7-23-17-25(26(33(37)38)18-32(23)44)28-20-41(5)30-8-12-39-19-27(28)30/h8,12,17-20,24,33H,6-7,9-11,13-16,21H2,1-5H3. The molecule has 0 unspecified atom stereocenters. The number of amides is 2. The van der Waals surface area contributed by atoms with Crippen molar-refractivity contribution in [2.45, 2.75) is 84.4 Å². The summed E-state index contributed by atoms with van der Waals surface area (Å²) >= 11 is 0. The Morgan fingerprint density at radius 3 is 2.50 bits per heavy atom. The summed E-state index contributed by atoms with van der Waals surface area (Å²) in [4.78, 5) is 35.2. The smallest absolute Gasteiger partial charge is 0.410 e. The van der Waals surface area contributed by atoms with Gasteiger partial charge in [0.1, 0.15) is 5.60 Å². The fourth-order valence-electron chi connectivity index (χ4n) is 7.57. The SMILES string of the molecule is CC(=O)N1CCc2c(c(N3CCCc4cc(-c5cn(C)c6ccncc56)c(C(F)F)cc43)nn2C2CCN(C(=O)OC(C)(C)C)CC2)C1. The maximum atomic E-state index is 14.9. The molecule has 12 heteroatoms. The van der Waals surface area contributed by atoms with Crippen LogP contribution in [0.5, 0.6) is 0 Å². The van der Waals surface area contributed by atoms with E-state index in [1.165, 1.54) is 0 Å². The minimum atomic E-state index is -2.68. The van der Waals surface area contributed by atoms with Crippen molar-refractivity contribution in [3.63, 3.8) is 0 Å². The van der Waals surface area contributed by atoms with Crippen LogP contribution in [0.25, 0.3) is 22.0 Å². The second-order valence-electron chi connectivity index (χ2n) is 14.3. The Morgan fingerprint density at radius 1 is 1.02 bits per heavy atom. The number of carbonyl (C=O) groups excluding carboxylic acids is 2. The number of hydrogen-bond acceptors (Lipinski definition) is 6. The second-order valence-corrected chi connectivity index (χ2v) is 14.3. The Bertz CT molecular complexity index is 1880. The molecule has 0 saturated carbocycles. The number of fused-ring (bicyclic) bond motifs is 3. The van der Waals surface area contributed by atoms with Gasteiger partial charge in [0.2, 0.25) is 5.91 Å². The monoisotopic (exact) mass is 659 g/mol. The summed E-state index contributed by atoms with van der Waals surface area (Å²) in [7, 11) is 1.92. The number of pyridine rings is 1. The van der Waals surface area contributed by atoms with Crippen LogP contribution in [0.1, 0.15) is 81.8 Å². The zero-order valence-corrected chi connectivity index (χ0v) is 28.3. The fourth-order valence-corrected chi connectivity index (χ4v) is 7.57. The van der Waals surface area contributed by atoms with Gasteiger partial charge in [0.25, 0.3) is 6.43 Å². The van der Waals surface area contributed by atoms with Gasteiger partial charge in [-0.15, -0.1) is 0 Å². The van der Waals surface area contributed by atoms with Crippen molar-refractivity contribution in [3.8, 4) is 11.1 Å². The topological polar surface area (TPSA) is 88.7 Å². The summed E-state index contributed by atoms with van der Waals surface area (Å²) in [6.45, 7) is 9.94. The Labute approximate surface area is 279 Å². The van der Waals surface area contributed by atoms with Crippen LogP contribution >= 0.6 is 0 Å². The van der Waals surface area contributed by atoms with Gasteiger partial charge in [0.05, 0.1) is 18.1 Å². The molecule has 7 rings (SSSR count). The van der Waals surface area contributed by atoms with Crippen molar-refractivity contribution in [3.05, 3.63) is 59.2 Å². The molecule has 0 spiro atoms. The maximum Gasteiger partial charge on any atom is 0.410 e. The number of benzene rings is 1. The van der Waals surface area contributed by atoms with Gasteiger partial charge in [-0.3, -0.25) is 14.5 Å². The molecule has 4 aromatic rings. The molecular formula is C36H43F2N7O3. The van der Waals surface area contributed by atoms with Crippen LogP contribution in [-0.4, -0.2) is 72.9 Å². The fraction of sp³-hybridized carbons (Fsp3) is 0.500. The summed E-state index contributed by atoms with van der Waals surface area (Å²) in [5, 5.41) is 6.07. The Morgan fingerprint density at radius 2 is 1.79 bits per heavy atom. The lowest BCUT2D eigenvalue weighted by Gasteiger charge is -2.34. The van der Waals surface area contributed by atoms with Crippen molar-refractivity contribution in [2.24, 2.45) is 7.05 Å². The zero-order valence-electron chi connectivity index (χ0n) is 28.3. The molecule has 1 aromatic carbocycles. The van der Waals surface area contributed by atoms with Gasteiger partial charge in [0, 0.05) is 98.6 Å². The highest BCUT2D eigenvalue weighted by atomic mass is 19.3. The molecule has 0 aliphatic carbocycles. The summed E-state index contributed by atoms with van der Waals surface area (Å²) in [5.41, 5.74) is 5.41. The molecule has 3 aromatic heterocycles. The van der Waals surface area contributed by atoms with Crippen LogP contribution in [0.3, 0.4) is 0 Å². The number of carbonyl (C=O) groups is 2. The summed E-state index contributed by atoms with van der Waals surface area (Å²) in [5.74, 6) is 0.729. The minimum Gasteiger partial charge on any atom is -0.444 e. The average molecular weight is 660 g/mol. The van der Waals surface area contributed by atoms with Crippen LogP contribution in [0, 0.1) is 0 Å². The number of hydrogen-bond donors (Lipinski definition) is 0. The molecule has 0 bridgehead atoms. The van der Waals surface area contributed by atoms with Gasteiger partial charge in [-0.05, 0) is 75.8 Å². The summed E-state index contributed by atoms with van der Waals surface area (Å²) < 4.78 is 39.5. The lowest BCUT2D eigenvalue weighted by molar-refractivity contribution is -0.129. The summed E-state index contributed by atoms with van der Waals surface area (Å²) in [6, 6.07) is 5.55. The van der Waals surface area contributed by atoms with Crippen LogP contribution in [-0.2, 0) is 36.0 Å². The number of aryl methyl sites for hydroxylation is 2. The van der Waals surface area contributed by atoms with E-state index in [1.807, 2.05) is 55.6 Å². The van der Waals surface area contributed by atoms with E-state index >= 15 is 0 Å². The molecule has 48 heavy (non-hydrogen) atoms. The van der Waals surface area contributed by atoms with Crippen LogP contribution in [0.4, 0.5) is 25.1 Å². The van der Waals surface area contributed by atoms with Crippen molar-refractivity contribution in [1.82, 2.24) is 29.1 Å². The van der Waals surface area contributed by atoms with Gasteiger partial charge in [0.15, 0.2) is 5.82 Å². The Hall–Kier alpha value is -4.48. The summed E-state index contributed by atoms with van der Waals surface area (Å²) in [6.07, 6.45) is 6.06. The highest BCUT2D eigenvalue weighted by Gasteiger charge is 2.36. The first kappa shape index (κ1) is 32.1. The third-order valence-corrected chi connectivity index (χ3v) is 9.91. The first-order chi connectivity index (χ1) is 22.9. The molecule has 254 valence electrons. The molecule has 0 atom stereocenters. The zero-order chi connectivity index (χ0) is 33.9. The van der Waals surface area contributed by atoms with E-state index < -0.39 is 12.0 Å². The molecule has 6 heterocycles. The van der Waals surface area contributed by atoms with Crippen LogP contribution in [0.2, 0.25) is 0 Å². The lowest BCUT2D eigenvalue weighted by Crippen LogP contribution is -2.42. The van der Waals surface area contributed by atoms with Gasteiger partial charge in [-0.1, -0.05) is 0 Å². The second kappa shape index (κ2) is 12.2. The minimum absolute atomic E-state index is 0.00160. The van der Waals surface area contributed by atoms with Gasteiger partial charge in [-0.2, -0.15) is 5.10 Å². The number of ether oxygens (including phenoxy) is 1. The van der Waals surface area contributed by atoms with Gasteiger partial charge >= 0.3 is 6.09 Å². The van der Waals surface area contributed by atoms with E-state index in [2.05, 4.69) is 14.6 Å². The molecule has 1 fully saturated rings. The van der Waals surface area contributed by atoms with Crippen molar-refractivity contribution in [1.29, 1.82) is 0 Å². The number of rotatable bonds is 4. The number of aromatic nitrogens is 4. The number of anilines is 2. The molecule has 10 nitrogen and oxygen atoms in total. The largest absolute Gasteiger partial charge is 0.444 e. The van der Waals surface area contributed by atoms with Gasteiger partial charge in [-0.25, -0.2) is 13.6 Å². The molecular weight excluding hydrogens is 616 g/mol. The number of alkyl halides is 2. The highest BCUT2D eigenvalue weighted by molar-refractivity contribution is 5.97. The van der Waals surface area contributed by atoms with E-state index in [0.717, 1.165) is 70.5 Å². The number of piperidine rings is 1. The highest BCUT2D eigenvalue weighted by Crippen LogP contribution is 2.45. The van der Waals surface area contributed by atoms with Crippen molar-refractivity contribution in [2.75, 3.05) is 31.1 Å².